The van der Waals surface area contributed by atoms with Gasteiger partial charge in [-0.1, -0.05) is 0 Å². The molecule has 0 saturated carbocycles. The number of aromatic nitrogens is 4. The Labute approximate surface area is 144 Å². The van der Waals surface area contributed by atoms with E-state index in [0.29, 0.717) is 23.0 Å². The van der Waals surface area contributed by atoms with E-state index in [0.717, 1.165) is 5.56 Å². The summed E-state index contributed by atoms with van der Waals surface area (Å²) in [7, 11) is 5.34. The van der Waals surface area contributed by atoms with E-state index in [9.17, 15) is 9.18 Å². The highest BCUT2D eigenvalue weighted by Crippen LogP contribution is 2.20. The second-order valence-electron chi connectivity index (χ2n) is 5.67. The van der Waals surface area contributed by atoms with E-state index in [4.69, 9.17) is 0 Å². The van der Waals surface area contributed by atoms with Crippen molar-refractivity contribution in [1.29, 1.82) is 0 Å². The van der Waals surface area contributed by atoms with Crippen molar-refractivity contribution in [2.75, 3.05) is 24.3 Å². The number of rotatable bonds is 4. The van der Waals surface area contributed by atoms with Crippen molar-refractivity contribution >= 4 is 17.5 Å². The van der Waals surface area contributed by atoms with Gasteiger partial charge in [0.25, 0.3) is 5.91 Å². The van der Waals surface area contributed by atoms with Gasteiger partial charge in [-0.05, 0) is 30.3 Å². The molecule has 0 atom stereocenters. The largest absolute Gasteiger partial charge is 0.347 e. The second kappa shape index (κ2) is 6.68. The van der Waals surface area contributed by atoms with Gasteiger partial charge in [-0.15, -0.1) is 0 Å². The van der Waals surface area contributed by atoms with Crippen molar-refractivity contribution in [3.05, 3.63) is 54.2 Å². The first-order valence-corrected chi connectivity index (χ1v) is 7.55. The van der Waals surface area contributed by atoms with Crippen LogP contribution in [0.2, 0.25) is 0 Å². The first-order chi connectivity index (χ1) is 11.9. The van der Waals surface area contributed by atoms with Gasteiger partial charge in [0.15, 0.2) is 0 Å². The van der Waals surface area contributed by atoms with Crippen LogP contribution in [0.3, 0.4) is 0 Å². The van der Waals surface area contributed by atoms with Gasteiger partial charge in [-0.25, -0.2) is 14.4 Å². The van der Waals surface area contributed by atoms with Crippen molar-refractivity contribution in [3.63, 3.8) is 0 Å². The SMILES string of the molecule is CN(C)c1ncc(NC(=O)c2cc(-c3ccc(F)cc3)nn2C)cn1. The van der Waals surface area contributed by atoms with E-state index in [1.54, 1.807) is 30.1 Å². The van der Waals surface area contributed by atoms with Crippen LogP contribution < -0.4 is 10.2 Å². The highest BCUT2D eigenvalue weighted by atomic mass is 19.1. The number of carbonyl (C=O) groups excluding carboxylic acids is 1. The zero-order valence-corrected chi connectivity index (χ0v) is 14.1. The summed E-state index contributed by atoms with van der Waals surface area (Å²) in [5.74, 6) is -0.0967. The molecule has 3 aromatic rings. The summed E-state index contributed by atoms with van der Waals surface area (Å²) >= 11 is 0. The minimum atomic E-state index is -0.329. The Bertz CT molecular complexity index is 887. The topological polar surface area (TPSA) is 75.9 Å². The van der Waals surface area contributed by atoms with Crippen LogP contribution in [0.5, 0.6) is 0 Å². The number of carbonyl (C=O) groups is 1. The van der Waals surface area contributed by atoms with Crippen molar-refractivity contribution in [2.24, 2.45) is 7.05 Å². The summed E-state index contributed by atoms with van der Waals surface area (Å²) in [4.78, 5) is 22.5. The molecule has 25 heavy (non-hydrogen) atoms. The molecule has 3 rings (SSSR count). The third kappa shape index (κ3) is 3.63. The molecule has 0 aliphatic rings. The van der Waals surface area contributed by atoms with Crippen LogP contribution in [0, 0.1) is 5.82 Å². The maximum absolute atomic E-state index is 13.0. The van der Waals surface area contributed by atoms with Gasteiger partial charge in [-0.3, -0.25) is 9.48 Å². The summed E-state index contributed by atoms with van der Waals surface area (Å²) in [6.07, 6.45) is 3.08. The Balaban J connectivity index is 1.79. The third-order valence-corrected chi connectivity index (χ3v) is 3.55. The predicted molar refractivity (Wildman–Crippen MR) is 92.9 cm³/mol. The van der Waals surface area contributed by atoms with Crippen LogP contribution in [-0.2, 0) is 7.05 Å². The Hall–Kier alpha value is -3.29. The van der Waals surface area contributed by atoms with Crippen LogP contribution in [0.25, 0.3) is 11.3 Å². The van der Waals surface area contributed by atoms with Crippen LogP contribution in [0.4, 0.5) is 16.0 Å². The lowest BCUT2D eigenvalue weighted by Gasteiger charge is -2.10. The van der Waals surface area contributed by atoms with Gasteiger partial charge >= 0.3 is 0 Å². The lowest BCUT2D eigenvalue weighted by atomic mass is 10.1. The fourth-order valence-electron chi connectivity index (χ4n) is 2.25. The molecule has 0 radical (unpaired) electrons. The Morgan fingerprint density at radius 3 is 2.40 bits per heavy atom. The van der Waals surface area contributed by atoms with E-state index in [2.05, 4.69) is 20.4 Å². The van der Waals surface area contributed by atoms with Gasteiger partial charge in [-0.2, -0.15) is 5.10 Å². The average Bonchev–Trinajstić information content (AvgIpc) is 2.98. The minimum absolute atomic E-state index is 0.321. The molecule has 0 fully saturated rings. The quantitative estimate of drug-likeness (QED) is 0.789. The molecule has 0 saturated heterocycles. The zero-order valence-electron chi connectivity index (χ0n) is 14.1. The molecule has 0 unspecified atom stereocenters. The number of hydrogen-bond donors (Lipinski definition) is 1. The number of benzene rings is 1. The average molecular weight is 340 g/mol. The summed E-state index contributed by atoms with van der Waals surface area (Å²) in [6.45, 7) is 0. The molecular weight excluding hydrogens is 323 g/mol. The highest BCUT2D eigenvalue weighted by Gasteiger charge is 2.15. The van der Waals surface area contributed by atoms with Crippen LogP contribution in [0.15, 0.2) is 42.7 Å². The molecule has 1 amide bonds. The first kappa shape index (κ1) is 16.6. The fourth-order valence-corrected chi connectivity index (χ4v) is 2.25. The van der Waals surface area contributed by atoms with Gasteiger partial charge in [0.2, 0.25) is 5.95 Å². The maximum atomic E-state index is 13.0. The lowest BCUT2D eigenvalue weighted by Crippen LogP contribution is -2.17. The minimum Gasteiger partial charge on any atom is -0.347 e. The Morgan fingerprint density at radius 2 is 1.80 bits per heavy atom. The summed E-state index contributed by atoms with van der Waals surface area (Å²) in [5, 5.41) is 7.04. The molecule has 7 nitrogen and oxygen atoms in total. The van der Waals surface area contributed by atoms with E-state index >= 15 is 0 Å². The molecule has 1 N–H and O–H groups in total. The smallest absolute Gasteiger partial charge is 0.274 e. The Kier molecular flexibility index (Phi) is 4.42. The summed E-state index contributed by atoms with van der Waals surface area (Å²) < 4.78 is 14.5. The number of nitrogens with one attached hydrogen (secondary N) is 1. The van der Waals surface area contributed by atoms with Crippen LogP contribution >= 0.6 is 0 Å². The van der Waals surface area contributed by atoms with Gasteiger partial charge < -0.3 is 10.2 Å². The number of anilines is 2. The van der Waals surface area contributed by atoms with Gasteiger partial charge in [0.05, 0.1) is 23.8 Å². The molecule has 0 bridgehead atoms. The zero-order chi connectivity index (χ0) is 18.0. The van der Waals surface area contributed by atoms with Gasteiger partial charge in [0.1, 0.15) is 11.5 Å². The standard InChI is InChI=1S/C17H17FN6O/c1-23(2)17-19-9-13(10-20-17)21-16(25)15-8-14(22-24(15)3)11-4-6-12(18)7-5-11/h4-10H,1-3H3,(H,21,25). The monoisotopic (exact) mass is 340 g/mol. The third-order valence-electron chi connectivity index (χ3n) is 3.55. The van der Waals surface area contributed by atoms with Crippen molar-refractivity contribution < 1.29 is 9.18 Å². The number of amides is 1. The molecule has 0 spiro atoms. The second-order valence-corrected chi connectivity index (χ2v) is 5.67. The molecule has 2 aromatic heterocycles. The molecule has 128 valence electrons. The molecule has 0 aliphatic heterocycles. The molecule has 8 heteroatoms. The normalized spacial score (nSPS) is 10.6. The van der Waals surface area contributed by atoms with Crippen LogP contribution in [-0.4, -0.2) is 39.8 Å². The van der Waals surface area contributed by atoms with Gasteiger partial charge in [0, 0.05) is 26.7 Å². The fraction of sp³-hybridized carbons (Fsp3) is 0.176. The Morgan fingerprint density at radius 1 is 1.16 bits per heavy atom. The number of aryl methyl sites for hydroxylation is 1. The van der Waals surface area contributed by atoms with E-state index < -0.39 is 0 Å². The lowest BCUT2D eigenvalue weighted by molar-refractivity contribution is 0.101. The molecular formula is C17H17FN6O. The van der Waals surface area contributed by atoms with Crippen LogP contribution in [0.1, 0.15) is 10.5 Å². The van der Waals surface area contributed by atoms with Crippen molar-refractivity contribution in [2.45, 2.75) is 0 Å². The first-order valence-electron chi connectivity index (χ1n) is 7.55. The van der Waals surface area contributed by atoms with E-state index in [1.165, 1.54) is 29.2 Å². The summed E-state index contributed by atoms with van der Waals surface area (Å²) in [6, 6.07) is 7.60. The number of halogens is 1. The van der Waals surface area contributed by atoms with Crippen molar-refractivity contribution in [1.82, 2.24) is 19.7 Å². The molecule has 2 heterocycles. The number of hydrogen-bond acceptors (Lipinski definition) is 5. The maximum Gasteiger partial charge on any atom is 0.274 e. The molecule has 1 aromatic carbocycles. The van der Waals surface area contributed by atoms with E-state index in [1.807, 2.05) is 14.1 Å². The highest BCUT2D eigenvalue weighted by molar-refractivity contribution is 6.03. The van der Waals surface area contributed by atoms with E-state index in [-0.39, 0.29) is 11.7 Å². The predicted octanol–water partition coefficient (Wildman–Crippen LogP) is 2.33. The molecule has 0 aliphatic carbocycles. The summed E-state index contributed by atoms with van der Waals surface area (Å²) in [5.41, 5.74) is 2.18. The number of nitrogens with zero attached hydrogens (tertiary/aromatic N) is 5. The van der Waals surface area contributed by atoms with Crippen molar-refractivity contribution in [3.8, 4) is 11.3 Å².